The van der Waals surface area contributed by atoms with Crippen LogP contribution in [0.4, 0.5) is 0 Å². The Morgan fingerprint density at radius 1 is 1.47 bits per heavy atom. The lowest BCUT2D eigenvalue weighted by molar-refractivity contribution is 0.869. The van der Waals surface area contributed by atoms with Crippen molar-refractivity contribution < 1.29 is 0 Å². The van der Waals surface area contributed by atoms with Crippen molar-refractivity contribution in [2.45, 2.75) is 6.92 Å². The number of nitrogens with zero attached hydrogens (tertiary/aromatic N) is 3. The van der Waals surface area contributed by atoms with Gasteiger partial charge >= 0.3 is 0 Å². The molecule has 0 atom stereocenters. The van der Waals surface area contributed by atoms with Crippen molar-refractivity contribution in [3.8, 4) is 11.8 Å². The minimum atomic E-state index is 0.630. The Hall–Kier alpha value is -1.60. The molecule has 0 saturated carbocycles. The second-order valence-electron chi connectivity index (χ2n) is 3.19. The quantitative estimate of drug-likeness (QED) is 0.792. The molecule has 1 aromatic carbocycles. The molecule has 0 aliphatic heterocycles. The summed E-state index contributed by atoms with van der Waals surface area (Å²) in [7, 11) is 0. The van der Waals surface area contributed by atoms with Crippen molar-refractivity contribution in [2.75, 3.05) is 0 Å². The van der Waals surface area contributed by atoms with Gasteiger partial charge in [0, 0.05) is 6.20 Å². The molecule has 0 aliphatic rings. The summed E-state index contributed by atoms with van der Waals surface area (Å²) in [6.45, 7) is 1.96. The molecule has 0 radical (unpaired) electrons. The first-order chi connectivity index (χ1) is 7.22. The molecule has 0 amide bonds. The van der Waals surface area contributed by atoms with E-state index in [4.69, 9.17) is 5.26 Å². The Morgan fingerprint density at radius 3 is 2.87 bits per heavy atom. The van der Waals surface area contributed by atoms with Gasteiger partial charge in [0.2, 0.25) is 0 Å². The minimum absolute atomic E-state index is 0.630. The molecule has 0 bridgehead atoms. The van der Waals surface area contributed by atoms with Gasteiger partial charge in [-0.25, -0.2) is 4.68 Å². The van der Waals surface area contributed by atoms with E-state index in [1.165, 1.54) is 0 Å². The second-order valence-corrected chi connectivity index (χ2v) is 4.10. The smallest absolute Gasteiger partial charge is 0.101 e. The topological polar surface area (TPSA) is 41.6 Å². The lowest BCUT2D eigenvalue weighted by Crippen LogP contribution is -2.00. The van der Waals surface area contributed by atoms with E-state index in [-0.39, 0.29) is 0 Å². The van der Waals surface area contributed by atoms with Crippen molar-refractivity contribution >= 4 is 15.9 Å². The molecule has 1 heterocycles. The summed E-state index contributed by atoms with van der Waals surface area (Å²) >= 11 is 3.33. The molecule has 74 valence electrons. The zero-order valence-corrected chi connectivity index (χ0v) is 9.69. The standard InChI is InChI=1S/C11H8BrN3/c1-8-3-2-4-9(5-13)11(8)15-7-10(12)6-14-15/h2-4,6-7H,1H3. The Kier molecular flexibility index (Phi) is 2.57. The Balaban J connectivity index is 2.67. The number of benzene rings is 1. The predicted molar refractivity (Wildman–Crippen MR) is 60.7 cm³/mol. The van der Waals surface area contributed by atoms with Crippen LogP contribution in [0.1, 0.15) is 11.1 Å². The molecule has 0 unspecified atom stereocenters. The SMILES string of the molecule is Cc1cccc(C#N)c1-n1cc(Br)cn1. The summed E-state index contributed by atoms with van der Waals surface area (Å²) in [6.07, 6.45) is 3.54. The van der Waals surface area contributed by atoms with Gasteiger partial charge in [-0.2, -0.15) is 10.4 Å². The predicted octanol–water partition coefficient (Wildman–Crippen LogP) is 2.81. The molecule has 2 aromatic rings. The van der Waals surface area contributed by atoms with Crippen molar-refractivity contribution in [3.05, 3.63) is 46.2 Å². The number of nitriles is 1. The fourth-order valence-electron chi connectivity index (χ4n) is 1.48. The van der Waals surface area contributed by atoms with E-state index < -0.39 is 0 Å². The third-order valence-corrected chi connectivity index (χ3v) is 2.55. The Labute approximate surface area is 96.1 Å². The van der Waals surface area contributed by atoms with Crippen molar-refractivity contribution in [2.24, 2.45) is 0 Å². The van der Waals surface area contributed by atoms with Crippen LogP contribution in [0, 0.1) is 18.3 Å². The third-order valence-electron chi connectivity index (χ3n) is 2.14. The lowest BCUT2D eigenvalue weighted by Gasteiger charge is -2.06. The van der Waals surface area contributed by atoms with Gasteiger partial charge in [0.25, 0.3) is 0 Å². The number of halogens is 1. The molecule has 0 fully saturated rings. The molecule has 4 heteroatoms. The van der Waals surface area contributed by atoms with Crippen LogP contribution >= 0.6 is 15.9 Å². The first kappa shape index (κ1) is 9.94. The highest BCUT2D eigenvalue weighted by molar-refractivity contribution is 9.10. The van der Waals surface area contributed by atoms with Gasteiger partial charge in [0.15, 0.2) is 0 Å². The van der Waals surface area contributed by atoms with E-state index >= 15 is 0 Å². The largest absolute Gasteiger partial charge is 0.238 e. The molecular formula is C11H8BrN3. The minimum Gasteiger partial charge on any atom is -0.238 e. The highest BCUT2D eigenvalue weighted by Gasteiger charge is 2.08. The molecule has 0 saturated heterocycles. The maximum atomic E-state index is 9.01. The van der Waals surface area contributed by atoms with E-state index in [1.54, 1.807) is 16.9 Å². The summed E-state index contributed by atoms with van der Waals surface area (Å²) in [5, 5.41) is 13.2. The van der Waals surface area contributed by atoms with Gasteiger partial charge in [-0.15, -0.1) is 0 Å². The van der Waals surface area contributed by atoms with Gasteiger partial charge in [-0.05, 0) is 34.5 Å². The van der Waals surface area contributed by atoms with Crippen LogP contribution in [0.5, 0.6) is 0 Å². The van der Waals surface area contributed by atoms with E-state index in [0.717, 1.165) is 15.7 Å². The van der Waals surface area contributed by atoms with Gasteiger partial charge in [-0.3, -0.25) is 0 Å². The second kappa shape index (κ2) is 3.87. The van der Waals surface area contributed by atoms with Gasteiger partial charge in [0.1, 0.15) is 6.07 Å². The molecule has 1 aromatic heterocycles. The van der Waals surface area contributed by atoms with Crippen LogP contribution in [0.2, 0.25) is 0 Å². The van der Waals surface area contributed by atoms with Gasteiger partial charge < -0.3 is 0 Å². The van der Waals surface area contributed by atoms with Crippen LogP contribution < -0.4 is 0 Å². The average molecular weight is 262 g/mol. The zero-order valence-electron chi connectivity index (χ0n) is 8.11. The summed E-state index contributed by atoms with van der Waals surface area (Å²) in [4.78, 5) is 0. The maximum absolute atomic E-state index is 9.01. The maximum Gasteiger partial charge on any atom is 0.101 e. The lowest BCUT2D eigenvalue weighted by atomic mass is 10.1. The van der Waals surface area contributed by atoms with E-state index in [9.17, 15) is 0 Å². The van der Waals surface area contributed by atoms with E-state index in [1.807, 2.05) is 25.3 Å². The Bertz CT molecular complexity index is 537. The fourth-order valence-corrected chi connectivity index (χ4v) is 1.76. The van der Waals surface area contributed by atoms with Crippen molar-refractivity contribution in [3.63, 3.8) is 0 Å². The van der Waals surface area contributed by atoms with Crippen LogP contribution in [-0.2, 0) is 0 Å². The molecular weight excluding hydrogens is 254 g/mol. The van der Waals surface area contributed by atoms with Crippen LogP contribution in [0.3, 0.4) is 0 Å². The van der Waals surface area contributed by atoms with Crippen LogP contribution in [0.25, 0.3) is 5.69 Å². The van der Waals surface area contributed by atoms with Crippen LogP contribution in [-0.4, -0.2) is 9.78 Å². The number of aromatic nitrogens is 2. The highest BCUT2D eigenvalue weighted by Crippen LogP contribution is 2.19. The number of hydrogen-bond donors (Lipinski definition) is 0. The number of rotatable bonds is 1. The molecule has 0 spiro atoms. The summed E-state index contributed by atoms with van der Waals surface area (Å²) in [5.74, 6) is 0. The van der Waals surface area contributed by atoms with Gasteiger partial charge in [-0.1, -0.05) is 12.1 Å². The number of aryl methyl sites for hydroxylation is 1. The summed E-state index contributed by atoms with van der Waals surface area (Å²) in [6, 6.07) is 7.79. The van der Waals surface area contributed by atoms with Crippen molar-refractivity contribution in [1.82, 2.24) is 9.78 Å². The summed E-state index contributed by atoms with van der Waals surface area (Å²) in [5.41, 5.74) is 2.50. The molecule has 15 heavy (non-hydrogen) atoms. The first-order valence-electron chi connectivity index (χ1n) is 4.42. The van der Waals surface area contributed by atoms with Gasteiger partial charge in [0.05, 0.1) is 21.9 Å². The van der Waals surface area contributed by atoms with Crippen molar-refractivity contribution in [1.29, 1.82) is 5.26 Å². The van der Waals surface area contributed by atoms with E-state index in [0.29, 0.717) is 5.56 Å². The molecule has 0 aliphatic carbocycles. The van der Waals surface area contributed by atoms with Crippen LogP contribution in [0.15, 0.2) is 35.1 Å². The Morgan fingerprint density at radius 2 is 2.27 bits per heavy atom. The summed E-state index contributed by atoms with van der Waals surface area (Å²) < 4.78 is 2.60. The molecule has 0 N–H and O–H groups in total. The number of para-hydroxylation sites is 1. The monoisotopic (exact) mass is 261 g/mol. The molecule has 3 nitrogen and oxygen atoms in total. The average Bonchev–Trinajstić information content (AvgIpc) is 2.64. The normalized spacial score (nSPS) is 9.93. The third kappa shape index (κ3) is 1.79. The first-order valence-corrected chi connectivity index (χ1v) is 5.22. The highest BCUT2D eigenvalue weighted by atomic mass is 79.9. The fraction of sp³-hybridized carbons (Fsp3) is 0.0909. The number of hydrogen-bond acceptors (Lipinski definition) is 2. The zero-order chi connectivity index (χ0) is 10.8. The van der Waals surface area contributed by atoms with E-state index in [2.05, 4.69) is 27.1 Å². The molecule has 2 rings (SSSR count).